The molecule has 0 spiro atoms. The van der Waals surface area contributed by atoms with E-state index in [9.17, 15) is 18.0 Å². The second kappa shape index (κ2) is 9.06. The molecule has 0 saturated heterocycles. The van der Waals surface area contributed by atoms with Gasteiger partial charge in [-0.25, -0.2) is 13.2 Å². The lowest BCUT2D eigenvalue weighted by molar-refractivity contribution is 0.101. The van der Waals surface area contributed by atoms with Crippen LogP contribution >= 0.6 is 0 Å². The summed E-state index contributed by atoms with van der Waals surface area (Å²) in [6.45, 7) is 2.27. The number of oxazole rings is 1. The third kappa shape index (κ3) is 4.15. The van der Waals surface area contributed by atoms with Crippen LogP contribution in [0.15, 0.2) is 80.8 Å². The van der Waals surface area contributed by atoms with E-state index in [2.05, 4.69) is 0 Å². The maximum atomic E-state index is 13.7. The Hall–Kier alpha value is -4.05. The standard InChI is InChI=1S/C24H22N2O7S/c1-4-32-19-11-7-17(8-12-19)26(23(27)16-5-9-18(31-3)10-6-16)34(29,30)20-13-14-21-22(15-20)33-24(28)25(21)2/h5-15H,4H2,1-3H3. The number of anilines is 1. The molecule has 0 aliphatic rings. The minimum Gasteiger partial charge on any atom is -0.497 e. The van der Waals surface area contributed by atoms with Crippen LogP contribution < -0.4 is 19.5 Å². The molecule has 4 rings (SSSR count). The van der Waals surface area contributed by atoms with Gasteiger partial charge in [0.15, 0.2) is 5.58 Å². The summed E-state index contributed by atoms with van der Waals surface area (Å²) in [5.41, 5.74) is 0.791. The molecule has 1 amide bonds. The largest absolute Gasteiger partial charge is 0.497 e. The topological polar surface area (TPSA) is 108 Å². The normalized spacial score (nSPS) is 11.4. The van der Waals surface area contributed by atoms with Crippen LogP contribution in [-0.2, 0) is 17.1 Å². The summed E-state index contributed by atoms with van der Waals surface area (Å²) in [7, 11) is -1.39. The number of carbonyl (C=O) groups excluding carboxylic acids is 1. The van der Waals surface area contributed by atoms with Crippen molar-refractivity contribution in [1.29, 1.82) is 0 Å². The van der Waals surface area contributed by atoms with E-state index >= 15 is 0 Å². The number of ether oxygens (including phenoxy) is 2. The molecular weight excluding hydrogens is 460 g/mol. The Kier molecular flexibility index (Phi) is 6.16. The lowest BCUT2D eigenvalue weighted by Crippen LogP contribution is -2.37. The maximum absolute atomic E-state index is 13.7. The van der Waals surface area contributed by atoms with Crippen molar-refractivity contribution in [2.75, 3.05) is 18.0 Å². The Morgan fingerprint density at radius 3 is 2.26 bits per heavy atom. The minimum absolute atomic E-state index is 0.0946. The van der Waals surface area contributed by atoms with Gasteiger partial charge in [0.25, 0.3) is 15.9 Å². The fourth-order valence-electron chi connectivity index (χ4n) is 3.44. The molecule has 34 heavy (non-hydrogen) atoms. The second-order valence-electron chi connectivity index (χ2n) is 7.29. The summed E-state index contributed by atoms with van der Waals surface area (Å²) < 4.78 is 45.2. The maximum Gasteiger partial charge on any atom is 0.419 e. The SMILES string of the molecule is CCOc1ccc(N(C(=O)c2ccc(OC)cc2)S(=O)(=O)c2ccc3c(c2)oc(=O)n3C)cc1. The van der Waals surface area contributed by atoms with Gasteiger partial charge in [-0.1, -0.05) is 0 Å². The Morgan fingerprint density at radius 1 is 1.00 bits per heavy atom. The predicted molar refractivity (Wildman–Crippen MR) is 126 cm³/mol. The van der Waals surface area contributed by atoms with Crippen LogP contribution in [0.4, 0.5) is 5.69 Å². The van der Waals surface area contributed by atoms with Crippen molar-refractivity contribution in [3.8, 4) is 11.5 Å². The molecule has 0 saturated carbocycles. The molecular formula is C24H22N2O7S. The van der Waals surface area contributed by atoms with Gasteiger partial charge in [0.1, 0.15) is 11.5 Å². The number of aromatic nitrogens is 1. The third-order valence-corrected chi connectivity index (χ3v) is 6.91. The summed E-state index contributed by atoms with van der Waals surface area (Å²) in [4.78, 5) is 25.1. The quantitative estimate of drug-likeness (QED) is 0.396. The Morgan fingerprint density at radius 2 is 1.65 bits per heavy atom. The van der Waals surface area contributed by atoms with Crippen molar-refractivity contribution in [2.45, 2.75) is 11.8 Å². The molecule has 10 heteroatoms. The van der Waals surface area contributed by atoms with E-state index in [1.54, 1.807) is 24.3 Å². The van der Waals surface area contributed by atoms with Crippen LogP contribution in [0.1, 0.15) is 17.3 Å². The number of rotatable bonds is 7. The van der Waals surface area contributed by atoms with Crippen molar-refractivity contribution in [1.82, 2.24) is 4.57 Å². The average Bonchev–Trinajstić information content (AvgIpc) is 3.13. The molecule has 0 radical (unpaired) electrons. The van der Waals surface area contributed by atoms with E-state index in [0.717, 1.165) is 0 Å². The lowest BCUT2D eigenvalue weighted by atomic mass is 10.2. The average molecular weight is 483 g/mol. The van der Waals surface area contributed by atoms with Gasteiger partial charge in [-0.15, -0.1) is 0 Å². The zero-order chi connectivity index (χ0) is 24.5. The van der Waals surface area contributed by atoms with E-state index in [-0.39, 0.29) is 21.7 Å². The highest BCUT2D eigenvalue weighted by atomic mass is 32.2. The first-order valence-corrected chi connectivity index (χ1v) is 11.8. The van der Waals surface area contributed by atoms with E-state index in [0.29, 0.717) is 27.9 Å². The van der Waals surface area contributed by atoms with Crippen LogP contribution in [0.25, 0.3) is 11.1 Å². The van der Waals surface area contributed by atoms with Gasteiger partial charge in [0.05, 0.1) is 29.8 Å². The Bertz CT molecular complexity index is 1500. The number of sulfonamides is 1. The number of aryl methyl sites for hydroxylation is 1. The van der Waals surface area contributed by atoms with Gasteiger partial charge in [-0.3, -0.25) is 9.36 Å². The molecule has 0 atom stereocenters. The van der Waals surface area contributed by atoms with Crippen molar-refractivity contribution in [3.05, 3.63) is 82.8 Å². The highest BCUT2D eigenvalue weighted by Gasteiger charge is 2.32. The predicted octanol–water partition coefficient (Wildman–Crippen LogP) is 3.57. The first kappa shape index (κ1) is 23.1. The number of fused-ring (bicyclic) bond motifs is 1. The third-order valence-electron chi connectivity index (χ3n) is 5.21. The molecule has 0 unspecified atom stereocenters. The second-order valence-corrected chi connectivity index (χ2v) is 9.07. The van der Waals surface area contributed by atoms with E-state index in [1.165, 1.54) is 61.2 Å². The van der Waals surface area contributed by atoms with E-state index in [4.69, 9.17) is 13.9 Å². The number of methoxy groups -OCH3 is 1. The van der Waals surface area contributed by atoms with Crippen molar-refractivity contribution in [2.24, 2.45) is 7.05 Å². The van der Waals surface area contributed by atoms with Gasteiger partial charge in [-0.2, -0.15) is 4.31 Å². The van der Waals surface area contributed by atoms with Gasteiger partial charge >= 0.3 is 5.76 Å². The number of nitrogens with zero attached hydrogens (tertiary/aromatic N) is 2. The van der Waals surface area contributed by atoms with Crippen molar-refractivity contribution in [3.63, 3.8) is 0 Å². The fourth-order valence-corrected chi connectivity index (χ4v) is 4.87. The van der Waals surface area contributed by atoms with E-state index < -0.39 is 21.7 Å². The molecule has 3 aromatic carbocycles. The van der Waals surface area contributed by atoms with E-state index in [1.807, 2.05) is 6.92 Å². The molecule has 0 fully saturated rings. The first-order chi connectivity index (χ1) is 16.3. The summed E-state index contributed by atoms with van der Waals surface area (Å²) in [5, 5.41) is 0. The van der Waals surface area contributed by atoms with Crippen LogP contribution in [0.3, 0.4) is 0 Å². The molecule has 0 N–H and O–H groups in total. The lowest BCUT2D eigenvalue weighted by Gasteiger charge is -2.23. The number of hydrogen-bond acceptors (Lipinski definition) is 7. The molecule has 1 aromatic heterocycles. The zero-order valence-electron chi connectivity index (χ0n) is 18.7. The zero-order valence-corrected chi connectivity index (χ0v) is 19.5. The van der Waals surface area contributed by atoms with Crippen LogP contribution in [-0.4, -0.2) is 32.6 Å². The number of benzene rings is 3. The molecule has 176 valence electrons. The van der Waals surface area contributed by atoms with Crippen molar-refractivity contribution >= 4 is 32.7 Å². The molecule has 0 bridgehead atoms. The highest BCUT2D eigenvalue weighted by molar-refractivity contribution is 7.93. The van der Waals surface area contributed by atoms with Crippen LogP contribution in [0, 0.1) is 0 Å². The van der Waals surface area contributed by atoms with Crippen LogP contribution in [0.5, 0.6) is 11.5 Å². The number of carbonyl (C=O) groups is 1. The smallest absolute Gasteiger partial charge is 0.419 e. The minimum atomic E-state index is -4.40. The molecule has 9 nitrogen and oxygen atoms in total. The summed E-state index contributed by atoms with van der Waals surface area (Å²) in [6.07, 6.45) is 0. The van der Waals surface area contributed by atoms with Crippen molar-refractivity contribution < 1.29 is 27.1 Å². The van der Waals surface area contributed by atoms with Crippen LogP contribution in [0.2, 0.25) is 0 Å². The Balaban J connectivity index is 1.84. The monoisotopic (exact) mass is 482 g/mol. The summed E-state index contributed by atoms with van der Waals surface area (Å²) >= 11 is 0. The fraction of sp³-hybridized carbons (Fsp3) is 0.167. The summed E-state index contributed by atoms with van der Waals surface area (Å²) in [6, 6.07) is 16.3. The molecule has 0 aliphatic carbocycles. The van der Waals surface area contributed by atoms with Gasteiger partial charge in [-0.05, 0) is 67.6 Å². The Labute approximate surface area is 195 Å². The highest BCUT2D eigenvalue weighted by Crippen LogP contribution is 2.29. The van der Waals surface area contributed by atoms with Gasteiger partial charge in [0, 0.05) is 18.7 Å². The molecule has 0 aliphatic heterocycles. The van der Waals surface area contributed by atoms with Gasteiger partial charge in [0.2, 0.25) is 0 Å². The summed E-state index contributed by atoms with van der Waals surface area (Å²) in [5.74, 6) is -0.326. The number of amides is 1. The number of hydrogen-bond donors (Lipinski definition) is 0. The molecule has 4 aromatic rings. The van der Waals surface area contributed by atoms with Gasteiger partial charge < -0.3 is 13.9 Å². The molecule has 1 heterocycles. The first-order valence-electron chi connectivity index (χ1n) is 10.3.